The summed E-state index contributed by atoms with van der Waals surface area (Å²) in [5, 5.41) is 14.0. The number of hydrogen-bond acceptors (Lipinski definition) is 6. The van der Waals surface area contributed by atoms with Crippen molar-refractivity contribution in [2.75, 3.05) is 13.6 Å². The Balaban J connectivity index is 1.45. The molecule has 1 saturated heterocycles. The van der Waals surface area contributed by atoms with E-state index in [2.05, 4.69) is 30.7 Å². The number of carbonyl (C=O) groups excluding carboxylic acids is 1. The molecule has 1 aliphatic rings. The van der Waals surface area contributed by atoms with Gasteiger partial charge in [0.1, 0.15) is 16.9 Å². The maximum absolute atomic E-state index is 12.6. The van der Waals surface area contributed by atoms with Crippen molar-refractivity contribution in [3.8, 4) is 0 Å². The molecule has 0 bridgehead atoms. The van der Waals surface area contributed by atoms with Crippen molar-refractivity contribution in [2.45, 2.75) is 25.4 Å². The minimum atomic E-state index is -0.105. The highest BCUT2D eigenvalue weighted by atomic mass is 16.2. The summed E-state index contributed by atoms with van der Waals surface area (Å²) in [4.78, 5) is 23.0. The van der Waals surface area contributed by atoms with Gasteiger partial charge in [-0.15, -0.1) is 0 Å². The number of aromatic nitrogens is 5. The van der Waals surface area contributed by atoms with Crippen LogP contribution < -0.4 is 5.32 Å². The number of hydrogen-bond donors (Lipinski definition) is 2. The average Bonchev–Trinajstić information content (AvgIpc) is 3.32. The maximum Gasteiger partial charge on any atom is 0.257 e. The molecule has 1 fully saturated rings. The van der Waals surface area contributed by atoms with Crippen LogP contribution in [0.3, 0.4) is 0 Å². The van der Waals surface area contributed by atoms with Gasteiger partial charge in [-0.1, -0.05) is 6.07 Å². The second-order valence-electron chi connectivity index (χ2n) is 6.29. The Labute approximate surface area is 144 Å². The molecule has 3 aromatic rings. The molecule has 1 amide bonds. The van der Waals surface area contributed by atoms with Crippen molar-refractivity contribution in [1.29, 1.82) is 0 Å². The standard InChI is InChI=1S/C17H19N7O/c1-24(10-11-4-5-13-15(7-11)22-23-21-13)17(25)12-8-19-16(20-9-12)14-3-2-6-18-14/h4-5,7-9,14,18H,2-3,6,10H2,1H3,(H,21,22,23). The molecule has 8 nitrogen and oxygen atoms in total. The number of H-pyrrole nitrogens is 1. The molecule has 0 spiro atoms. The zero-order chi connectivity index (χ0) is 17.2. The highest BCUT2D eigenvalue weighted by Crippen LogP contribution is 2.19. The van der Waals surface area contributed by atoms with Crippen molar-refractivity contribution < 1.29 is 4.79 Å². The first kappa shape index (κ1) is 15.6. The van der Waals surface area contributed by atoms with Crippen molar-refractivity contribution in [3.63, 3.8) is 0 Å². The largest absolute Gasteiger partial charge is 0.337 e. The van der Waals surface area contributed by atoms with Crippen LogP contribution in [0.2, 0.25) is 0 Å². The summed E-state index contributed by atoms with van der Waals surface area (Å²) in [5.41, 5.74) is 3.08. The van der Waals surface area contributed by atoms with Crippen LogP contribution in [0.1, 0.15) is 40.6 Å². The molecule has 0 radical (unpaired) electrons. The summed E-state index contributed by atoms with van der Waals surface area (Å²) < 4.78 is 0. The summed E-state index contributed by atoms with van der Waals surface area (Å²) in [6.45, 7) is 1.47. The van der Waals surface area contributed by atoms with Gasteiger partial charge in [0.25, 0.3) is 5.91 Å². The second kappa shape index (κ2) is 6.56. The predicted molar refractivity (Wildman–Crippen MR) is 91.7 cm³/mol. The van der Waals surface area contributed by atoms with Crippen LogP contribution in [0, 0.1) is 0 Å². The number of nitrogens with one attached hydrogen (secondary N) is 2. The fourth-order valence-electron chi connectivity index (χ4n) is 3.08. The van der Waals surface area contributed by atoms with Crippen LogP contribution in [0.25, 0.3) is 11.0 Å². The predicted octanol–water partition coefficient (Wildman–Crippen LogP) is 1.44. The zero-order valence-electron chi connectivity index (χ0n) is 13.9. The Bertz CT molecular complexity index is 883. The molecule has 2 N–H and O–H groups in total. The van der Waals surface area contributed by atoms with Crippen LogP contribution >= 0.6 is 0 Å². The summed E-state index contributed by atoms with van der Waals surface area (Å²) in [6.07, 6.45) is 5.40. The molecule has 8 heteroatoms. The molecule has 128 valence electrons. The molecule has 1 aromatic carbocycles. The van der Waals surface area contributed by atoms with Crippen molar-refractivity contribution in [2.24, 2.45) is 0 Å². The first-order valence-corrected chi connectivity index (χ1v) is 8.31. The van der Waals surface area contributed by atoms with E-state index in [4.69, 9.17) is 0 Å². The topological polar surface area (TPSA) is 99.7 Å². The molecular weight excluding hydrogens is 318 g/mol. The summed E-state index contributed by atoms with van der Waals surface area (Å²) >= 11 is 0. The molecule has 1 aliphatic heterocycles. The third-order valence-corrected chi connectivity index (χ3v) is 4.44. The minimum Gasteiger partial charge on any atom is -0.337 e. The number of aromatic amines is 1. The Morgan fingerprint density at radius 2 is 2.04 bits per heavy atom. The normalized spacial score (nSPS) is 17.1. The lowest BCUT2D eigenvalue weighted by atomic mass is 10.1. The fraction of sp³-hybridized carbons (Fsp3) is 0.353. The van der Waals surface area contributed by atoms with Gasteiger partial charge in [0.15, 0.2) is 0 Å². The van der Waals surface area contributed by atoms with E-state index in [0.717, 1.165) is 41.8 Å². The Hall–Kier alpha value is -2.87. The molecule has 0 aliphatic carbocycles. The van der Waals surface area contributed by atoms with Crippen molar-refractivity contribution in [1.82, 2.24) is 35.6 Å². The maximum atomic E-state index is 12.6. The monoisotopic (exact) mass is 337 g/mol. The number of amides is 1. The van der Waals surface area contributed by atoms with Gasteiger partial charge in [-0.05, 0) is 37.1 Å². The third-order valence-electron chi connectivity index (χ3n) is 4.44. The number of nitrogens with zero attached hydrogens (tertiary/aromatic N) is 5. The quantitative estimate of drug-likeness (QED) is 0.747. The van der Waals surface area contributed by atoms with Gasteiger partial charge in [0.2, 0.25) is 0 Å². The lowest BCUT2D eigenvalue weighted by Gasteiger charge is -2.17. The van der Waals surface area contributed by atoms with Gasteiger partial charge in [-0.2, -0.15) is 15.4 Å². The van der Waals surface area contributed by atoms with Gasteiger partial charge in [-0.3, -0.25) is 4.79 Å². The second-order valence-corrected chi connectivity index (χ2v) is 6.29. The van der Waals surface area contributed by atoms with E-state index in [9.17, 15) is 4.79 Å². The zero-order valence-corrected chi connectivity index (χ0v) is 13.9. The van der Waals surface area contributed by atoms with Crippen molar-refractivity contribution >= 4 is 16.9 Å². The Morgan fingerprint density at radius 1 is 1.24 bits per heavy atom. The summed E-state index contributed by atoms with van der Waals surface area (Å²) in [5.74, 6) is 0.652. The van der Waals surface area contributed by atoms with Crippen LogP contribution in [0.4, 0.5) is 0 Å². The number of rotatable bonds is 4. The van der Waals surface area contributed by atoms with Gasteiger partial charge >= 0.3 is 0 Å². The molecule has 1 unspecified atom stereocenters. The Morgan fingerprint density at radius 3 is 2.80 bits per heavy atom. The van der Waals surface area contributed by atoms with E-state index >= 15 is 0 Å². The molecule has 25 heavy (non-hydrogen) atoms. The SMILES string of the molecule is CN(Cc1ccc2n[nH]nc2c1)C(=O)c1cnc(C2CCCN2)nc1. The van der Waals surface area contributed by atoms with E-state index in [1.807, 2.05) is 18.2 Å². The highest BCUT2D eigenvalue weighted by molar-refractivity contribution is 5.93. The van der Waals surface area contributed by atoms with E-state index in [-0.39, 0.29) is 11.9 Å². The smallest absolute Gasteiger partial charge is 0.257 e. The van der Waals surface area contributed by atoms with E-state index in [1.54, 1.807) is 24.3 Å². The summed E-state index contributed by atoms with van der Waals surface area (Å²) in [6, 6.07) is 5.96. The number of benzene rings is 1. The fourth-order valence-corrected chi connectivity index (χ4v) is 3.08. The molecule has 2 aromatic heterocycles. The highest BCUT2D eigenvalue weighted by Gasteiger charge is 2.20. The Kier molecular flexibility index (Phi) is 4.10. The van der Waals surface area contributed by atoms with Crippen LogP contribution in [-0.4, -0.2) is 49.8 Å². The molecule has 3 heterocycles. The van der Waals surface area contributed by atoms with Gasteiger partial charge < -0.3 is 10.2 Å². The van der Waals surface area contributed by atoms with Crippen LogP contribution in [0.5, 0.6) is 0 Å². The molecule has 4 rings (SSSR count). The molecule has 0 saturated carbocycles. The third kappa shape index (κ3) is 3.20. The van der Waals surface area contributed by atoms with Gasteiger partial charge in [0.05, 0.1) is 11.6 Å². The first-order chi connectivity index (χ1) is 12.2. The number of carbonyl (C=O) groups is 1. The van der Waals surface area contributed by atoms with Crippen LogP contribution in [0.15, 0.2) is 30.6 Å². The summed E-state index contributed by atoms with van der Waals surface area (Å²) in [7, 11) is 1.77. The van der Waals surface area contributed by atoms with Gasteiger partial charge in [0, 0.05) is 26.0 Å². The van der Waals surface area contributed by atoms with E-state index in [0.29, 0.717) is 12.1 Å². The lowest BCUT2D eigenvalue weighted by Crippen LogP contribution is -2.27. The van der Waals surface area contributed by atoms with Crippen LogP contribution in [-0.2, 0) is 6.54 Å². The minimum absolute atomic E-state index is 0.105. The first-order valence-electron chi connectivity index (χ1n) is 8.31. The molecular formula is C17H19N7O. The van der Waals surface area contributed by atoms with Gasteiger partial charge in [-0.25, -0.2) is 9.97 Å². The lowest BCUT2D eigenvalue weighted by molar-refractivity contribution is 0.0784. The number of fused-ring (bicyclic) bond motifs is 1. The van der Waals surface area contributed by atoms with Crippen molar-refractivity contribution in [3.05, 3.63) is 47.5 Å². The van der Waals surface area contributed by atoms with E-state index in [1.165, 1.54) is 0 Å². The average molecular weight is 337 g/mol. The van der Waals surface area contributed by atoms with E-state index < -0.39 is 0 Å². The molecule has 1 atom stereocenters.